The third-order valence-corrected chi connectivity index (χ3v) is 0.998. The highest BCUT2D eigenvalue weighted by molar-refractivity contribution is 7.24. The quantitative estimate of drug-likeness (QED) is 0.450. The van der Waals surface area contributed by atoms with Gasteiger partial charge in [-0.15, -0.1) is 0 Å². The second-order valence-electron chi connectivity index (χ2n) is 1.29. The highest BCUT2D eigenvalue weighted by Crippen LogP contribution is 2.03. The van der Waals surface area contributed by atoms with E-state index in [1.165, 1.54) is 0 Å². The summed E-state index contributed by atoms with van der Waals surface area (Å²) in [7, 11) is -0.332. The average Bonchev–Trinajstić information content (AvgIpc) is 1.69. The van der Waals surface area contributed by atoms with E-state index in [2.05, 4.69) is 11.4 Å². The highest BCUT2D eigenvalue weighted by atomic mass is 31.1. The van der Waals surface area contributed by atoms with Crippen molar-refractivity contribution in [1.29, 1.82) is 0 Å². The van der Waals surface area contributed by atoms with Crippen LogP contribution in [0.25, 0.3) is 0 Å². The maximum absolute atomic E-state index is 8.10. The van der Waals surface area contributed by atoms with Gasteiger partial charge >= 0.3 is 0 Å². The van der Waals surface area contributed by atoms with Crippen molar-refractivity contribution in [2.75, 3.05) is 6.61 Å². The lowest BCUT2D eigenvalue weighted by molar-refractivity contribution is 0.318. The molecule has 0 saturated carbocycles. The van der Waals surface area contributed by atoms with Crippen molar-refractivity contribution in [2.45, 2.75) is 19.8 Å². The van der Waals surface area contributed by atoms with Crippen molar-refractivity contribution in [3.8, 4) is 0 Å². The van der Waals surface area contributed by atoms with E-state index in [0.29, 0.717) is 6.61 Å². The predicted octanol–water partition coefficient (Wildman–Crippen LogP) is 1.30. The van der Waals surface area contributed by atoms with Gasteiger partial charge in [-0.3, -0.25) is 0 Å². The fraction of sp³-hybridized carbons (Fsp3) is 1.00. The number of hydrogen-bond donors (Lipinski definition) is 1. The van der Waals surface area contributed by atoms with E-state index in [0.717, 1.165) is 12.8 Å². The summed E-state index contributed by atoms with van der Waals surface area (Å²) in [5.74, 6) is 0. The largest absolute Gasteiger partial charge is 0.352 e. The Hall–Kier alpha value is 0.350. The molecule has 0 spiro atoms. The van der Waals surface area contributed by atoms with Crippen molar-refractivity contribution in [2.24, 2.45) is 0 Å². The van der Waals surface area contributed by atoms with Crippen molar-refractivity contribution in [3.63, 3.8) is 0 Å². The fourth-order valence-corrected chi connectivity index (χ4v) is 0.498. The van der Waals surface area contributed by atoms with E-state index in [-0.39, 0.29) is 9.03 Å². The Bertz CT molecular complexity index is 28.9. The van der Waals surface area contributed by atoms with Crippen molar-refractivity contribution in [1.82, 2.24) is 0 Å². The molecule has 0 rings (SSSR count). The second-order valence-corrected chi connectivity index (χ2v) is 1.76. The van der Waals surface area contributed by atoms with Crippen molar-refractivity contribution < 1.29 is 9.42 Å². The van der Waals surface area contributed by atoms with Crippen LogP contribution in [0.2, 0.25) is 0 Å². The van der Waals surface area contributed by atoms with Gasteiger partial charge in [-0.05, 0) is 6.42 Å². The monoisotopic (exact) mass is 122 g/mol. The lowest BCUT2D eigenvalue weighted by Gasteiger charge is -1.93. The Balaban J connectivity index is 2.45. The maximum Gasteiger partial charge on any atom is 0.152 e. The molecule has 0 fully saturated rings. The first kappa shape index (κ1) is 7.35. The van der Waals surface area contributed by atoms with Gasteiger partial charge in [-0.25, -0.2) is 0 Å². The zero-order valence-corrected chi connectivity index (χ0v) is 5.48. The van der Waals surface area contributed by atoms with Crippen molar-refractivity contribution >= 4 is 9.03 Å². The molecule has 1 atom stereocenters. The van der Waals surface area contributed by atoms with E-state index in [4.69, 9.17) is 4.89 Å². The molecule has 2 nitrogen and oxygen atoms in total. The van der Waals surface area contributed by atoms with Gasteiger partial charge in [0.15, 0.2) is 9.03 Å². The van der Waals surface area contributed by atoms with E-state index in [9.17, 15) is 0 Å². The zero-order chi connectivity index (χ0) is 5.54. The smallest absolute Gasteiger partial charge is 0.152 e. The summed E-state index contributed by atoms with van der Waals surface area (Å²) < 4.78 is 4.66. The van der Waals surface area contributed by atoms with E-state index in [1.54, 1.807) is 0 Å². The minimum absolute atomic E-state index is 0.332. The van der Waals surface area contributed by atoms with Crippen LogP contribution in [0, 0.1) is 0 Å². The van der Waals surface area contributed by atoms with E-state index >= 15 is 0 Å². The molecule has 3 heteroatoms. The standard InChI is InChI=1S/C4H11O2P/c1-2-3-4-6-7-5/h5,7H,2-4H2,1H3. The molecule has 1 N–H and O–H groups in total. The minimum Gasteiger partial charge on any atom is -0.352 e. The van der Waals surface area contributed by atoms with Crippen LogP contribution in [-0.2, 0) is 4.52 Å². The molecule has 0 radical (unpaired) electrons. The van der Waals surface area contributed by atoms with Crippen LogP contribution in [-0.4, -0.2) is 11.5 Å². The first-order valence-electron chi connectivity index (χ1n) is 2.42. The summed E-state index contributed by atoms with van der Waals surface area (Å²) in [5.41, 5.74) is 0. The van der Waals surface area contributed by atoms with Gasteiger partial charge in [-0.1, -0.05) is 13.3 Å². The summed E-state index contributed by atoms with van der Waals surface area (Å²) in [6, 6.07) is 0. The average molecular weight is 122 g/mol. The van der Waals surface area contributed by atoms with Gasteiger partial charge in [0.2, 0.25) is 0 Å². The lowest BCUT2D eigenvalue weighted by Crippen LogP contribution is -1.81. The van der Waals surface area contributed by atoms with Gasteiger partial charge in [-0.2, -0.15) is 0 Å². The van der Waals surface area contributed by atoms with Crippen LogP contribution in [0.5, 0.6) is 0 Å². The normalized spacial score (nSPS) is 11.1. The molecule has 0 saturated heterocycles. The van der Waals surface area contributed by atoms with Crippen LogP contribution < -0.4 is 0 Å². The molecule has 1 unspecified atom stereocenters. The molecule has 0 aliphatic rings. The maximum atomic E-state index is 8.10. The van der Waals surface area contributed by atoms with E-state index < -0.39 is 0 Å². The summed E-state index contributed by atoms with van der Waals surface area (Å²) >= 11 is 0. The van der Waals surface area contributed by atoms with Crippen LogP contribution in [0.3, 0.4) is 0 Å². The number of unbranched alkanes of at least 4 members (excludes halogenated alkanes) is 1. The Kier molecular flexibility index (Phi) is 6.67. The topological polar surface area (TPSA) is 29.5 Å². The van der Waals surface area contributed by atoms with Crippen LogP contribution in [0.4, 0.5) is 0 Å². The summed E-state index contributed by atoms with van der Waals surface area (Å²) in [5, 5.41) is 0. The van der Waals surface area contributed by atoms with Crippen LogP contribution in [0.15, 0.2) is 0 Å². The number of rotatable bonds is 4. The Morgan fingerprint density at radius 3 is 2.86 bits per heavy atom. The fourth-order valence-electron chi connectivity index (χ4n) is 0.262. The van der Waals surface area contributed by atoms with Crippen molar-refractivity contribution in [3.05, 3.63) is 0 Å². The Morgan fingerprint density at radius 1 is 1.71 bits per heavy atom. The predicted molar refractivity (Wildman–Crippen MR) is 31.4 cm³/mol. The third-order valence-electron chi connectivity index (χ3n) is 0.665. The van der Waals surface area contributed by atoms with Gasteiger partial charge < -0.3 is 9.42 Å². The highest BCUT2D eigenvalue weighted by Gasteiger charge is 1.79. The summed E-state index contributed by atoms with van der Waals surface area (Å²) in [4.78, 5) is 8.10. The lowest BCUT2D eigenvalue weighted by atomic mass is 10.4. The molecule has 0 aromatic heterocycles. The third kappa shape index (κ3) is 6.35. The SMILES string of the molecule is CCCCOPO. The molecule has 44 valence electrons. The minimum atomic E-state index is -0.332. The molecule has 0 aromatic carbocycles. The molecular formula is C4H11O2P. The Labute approximate surface area is 45.8 Å². The number of hydrogen-bond acceptors (Lipinski definition) is 2. The first-order valence-corrected chi connectivity index (χ1v) is 3.28. The van der Waals surface area contributed by atoms with Gasteiger partial charge in [0.1, 0.15) is 0 Å². The first-order chi connectivity index (χ1) is 3.41. The second kappa shape index (κ2) is 6.35. The molecule has 0 aliphatic heterocycles. The molecule has 0 amide bonds. The van der Waals surface area contributed by atoms with Gasteiger partial charge in [0.05, 0.1) is 6.61 Å². The molecule has 7 heavy (non-hydrogen) atoms. The van der Waals surface area contributed by atoms with Crippen LogP contribution in [0.1, 0.15) is 19.8 Å². The summed E-state index contributed by atoms with van der Waals surface area (Å²) in [6.07, 6.45) is 2.18. The summed E-state index contributed by atoms with van der Waals surface area (Å²) in [6.45, 7) is 2.79. The molecule has 0 heterocycles. The molecule has 0 aromatic rings. The van der Waals surface area contributed by atoms with Gasteiger partial charge in [0, 0.05) is 0 Å². The Morgan fingerprint density at radius 2 is 2.43 bits per heavy atom. The zero-order valence-electron chi connectivity index (χ0n) is 4.48. The molecule has 0 bridgehead atoms. The molecule has 0 aliphatic carbocycles. The molecular weight excluding hydrogens is 111 g/mol. The van der Waals surface area contributed by atoms with Crippen LogP contribution >= 0.6 is 9.03 Å². The van der Waals surface area contributed by atoms with E-state index in [1.807, 2.05) is 0 Å². The van der Waals surface area contributed by atoms with Gasteiger partial charge in [0.25, 0.3) is 0 Å².